The molecule has 0 aliphatic carbocycles. The van der Waals surface area contributed by atoms with E-state index >= 15 is 0 Å². The Morgan fingerprint density at radius 1 is 1.38 bits per heavy atom. The third-order valence-electron chi connectivity index (χ3n) is 3.04. The molecule has 0 unspecified atom stereocenters. The molecule has 0 amide bonds. The monoisotopic (exact) mass is 315 g/mol. The van der Waals surface area contributed by atoms with Gasteiger partial charge in [-0.3, -0.25) is 0 Å². The summed E-state index contributed by atoms with van der Waals surface area (Å²) in [5.41, 5.74) is 7.79. The van der Waals surface area contributed by atoms with Crippen LogP contribution in [0.1, 0.15) is 15.9 Å². The van der Waals surface area contributed by atoms with Gasteiger partial charge >= 0.3 is 5.97 Å². The molecular weight excluding hydrogens is 294 g/mol. The topological polar surface area (TPSA) is 102 Å². The molecule has 3 N–H and O–H groups in total. The molecule has 0 spiro atoms. The number of anilines is 2. The predicted octanol–water partition coefficient (Wildman–Crippen LogP) is 0.667. The average Bonchev–Trinajstić information content (AvgIpc) is 2.41. The van der Waals surface area contributed by atoms with Gasteiger partial charge in [0.05, 0.1) is 18.4 Å². The van der Waals surface area contributed by atoms with Crippen molar-refractivity contribution >= 4 is 27.4 Å². The smallest absolute Gasteiger partial charge is 0.340 e. The van der Waals surface area contributed by atoms with Crippen LogP contribution in [0.3, 0.4) is 0 Å². The quantitative estimate of drug-likeness (QED) is 0.591. The first-order valence-corrected chi connectivity index (χ1v) is 7.92. The summed E-state index contributed by atoms with van der Waals surface area (Å²) in [6.45, 7) is 1.99. The van der Waals surface area contributed by atoms with Crippen LogP contribution in [0.15, 0.2) is 12.1 Å². The van der Waals surface area contributed by atoms with E-state index in [4.69, 9.17) is 5.73 Å². The highest BCUT2D eigenvalue weighted by Gasteiger charge is 2.15. The second-order valence-electron chi connectivity index (χ2n) is 4.77. The molecule has 0 radical (unpaired) electrons. The number of hydrogen-bond acceptors (Lipinski definition) is 6. The summed E-state index contributed by atoms with van der Waals surface area (Å²) in [6, 6.07) is 3.31. The van der Waals surface area contributed by atoms with E-state index in [-0.39, 0.29) is 17.9 Å². The highest BCUT2D eigenvalue weighted by molar-refractivity contribution is 7.89. The largest absolute Gasteiger partial charge is 0.465 e. The van der Waals surface area contributed by atoms with Gasteiger partial charge in [-0.15, -0.1) is 0 Å². The molecule has 8 heteroatoms. The standard InChI is InChI=1S/C13H21N3O4S/c1-9-7-10(8-11(12(9)14)13(17)20-4)15-5-6-21(18,19)16(2)3/h7-8,15H,5-6,14H2,1-4H3. The second-order valence-corrected chi connectivity index (χ2v) is 7.07. The van der Waals surface area contributed by atoms with Crippen LogP contribution in [0, 0.1) is 6.92 Å². The maximum Gasteiger partial charge on any atom is 0.340 e. The Hall–Kier alpha value is -1.80. The Kier molecular flexibility index (Phi) is 5.56. The van der Waals surface area contributed by atoms with Crippen LogP contribution < -0.4 is 11.1 Å². The molecule has 0 fully saturated rings. The van der Waals surface area contributed by atoms with Gasteiger partial charge in [0.25, 0.3) is 0 Å². The number of hydrogen-bond donors (Lipinski definition) is 2. The van der Waals surface area contributed by atoms with Crippen molar-refractivity contribution in [2.45, 2.75) is 6.92 Å². The molecule has 0 aliphatic rings. The maximum absolute atomic E-state index is 11.7. The zero-order valence-electron chi connectivity index (χ0n) is 12.6. The van der Waals surface area contributed by atoms with Crippen LogP contribution in [0.4, 0.5) is 11.4 Å². The van der Waals surface area contributed by atoms with E-state index < -0.39 is 16.0 Å². The van der Waals surface area contributed by atoms with Gasteiger partial charge < -0.3 is 15.8 Å². The summed E-state index contributed by atoms with van der Waals surface area (Å²) >= 11 is 0. The number of methoxy groups -OCH3 is 1. The van der Waals surface area contributed by atoms with E-state index in [0.717, 1.165) is 5.56 Å². The van der Waals surface area contributed by atoms with Gasteiger partial charge in [-0.2, -0.15) is 0 Å². The number of sulfonamides is 1. The Morgan fingerprint density at radius 2 is 2.00 bits per heavy atom. The summed E-state index contributed by atoms with van der Waals surface area (Å²) in [6.07, 6.45) is 0. The van der Waals surface area contributed by atoms with Gasteiger partial charge in [-0.1, -0.05) is 0 Å². The number of carbonyl (C=O) groups is 1. The second kappa shape index (κ2) is 6.77. The van der Waals surface area contributed by atoms with Gasteiger partial charge in [-0.05, 0) is 24.6 Å². The van der Waals surface area contributed by atoms with Crippen LogP contribution in [0.2, 0.25) is 0 Å². The molecule has 0 bridgehead atoms. The zero-order valence-corrected chi connectivity index (χ0v) is 13.5. The van der Waals surface area contributed by atoms with Crippen molar-refractivity contribution < 1.29 is 17.9 Å². The maximum atomic E-state index is 11.7. The van der Waals surface area contributed by atoms with E-state index in [9.17, 15) is 13.2 Å². The highest BCUT2D eigenvalue weighted by Crippen LogP contribution is 2.23. The summed E-state index contributed by atoms with van der Waals surface area (Å²) < 4.78 is 29.1. The molecule has 0 saturated carbocycles. The molecule has 0 aliphatic heterocycles. The van der Waals surface area contributed by atoms with Crippen molar-refractivity contribution in [1.29, 1.82) is 0 Å². The Morgan fingerprint density at radius 3 is 2.52 bits per heavy atom. The van der Waals surface area contributed by atoms with E-state index in [0.29, 0.717) is 11.4 Å². The lowest BCUT2D eigenvalue weighted by molar-refractivity contribution is 0.0602. The fraction of sp³-hybridized carbons (Fsp3) is 0.462. The number of aryl methyl sites for hydroxylation is 1. The van der Waals surface area contributed by atoms with Gasteiger partial charge in [0.1, 0.15) is 0 Å². The molecule has 7 nitrogen and oxygen atoms in total. The molecule has 0 aromatic heterocycles. The summed E-state index contributed by atoms with van der Waals surface area (Å²) in [7, 11) is 0.984. The number of benzene rings is 1. The molecule has 1 aromatic rings. The van der Waals surface area contributed by atoms with Gasteiger partial charge in [0.2, 0.25) is 10.0 Å². The predicted molar refractivity (Wildman–Crippen MR) is 82.9 cm³/mol. The first-order chi connectivity index (χ1) is 9.69. The average molecular weight is 315 g/mol. The zero-order chi connectivity index (χ0) is 16.2. The lowest BCUT2D eigenvalue weighted by atomic mass is 10.1. The fourth-order valence-electron chi connectivity index (χ4n) is 1.69. The molecule has 118 valence electrons. The van der Waals surface area contributed by atoms with Crippen molar-refractivity contribution in [3.05, 3.63) is 23.3 Å². The molecule has 1 aromatic carbocycles. The number of ether oxygens (including phenoxy) is 1. The van der Waals surface area contributed by atoms with E-state index in [1.165, 1.54) is 25.5 Å². The summed E-state index contributed by atoms with van der Waals surface area (Å²) in [5, 5.41) is 2.97. The first-order valence-electron chi connectivity index (χ1n) is 6.31. The number of nitrogens with one attached hydrogen (secondary N) is 1. The minimum absolute atomic E-state index is 0.0447. The highest BCUT2D eigenvalue weighted by atomic mass is 32.2. The Bertz CT molecular complexity index is 627. The van der Waals surface area contributed by atoms with Crippen molar-refractivity contribution in [3.63, 3.8) is 0 Å². The SMILES string of the molecule is COC(=O)c1cc(NCCS(=O)(=O)N(C)C)cc(C)c1N. The Balaban J connectivity index is 2.86. The van der Waals surface area contributed by atoms with Crippen molar-refractivity contribution in [3.8, 4) is 0 Å². The van der Waals surface area contributed by atoms with Crippen LogP contribution in [0.5, 0.6) is 0 Å². The Labute approximate surface area is 125 Å². The normalized spacial score (nSPS) is 11.5. The van der Waals surface area contributed by atoms with Gasteiger partial charge in [0.15, 0.2) is 0 Å². The first kappa shape index (κ1) is 17.3. The van der Waals surface area contributed by atoms with Gasteiger partial charge in [0, 0.05) is 32.0 Å². The molecular formula is C13H21N3O4S. The molecule has 0 saturated heterocycles. The molecule has 1 rings (SSSR count). The van der Waals surface area contributed by atoms with Gasteiger partial charge in [-0.25, -0.2) is 17.5 Å². The lowest BCUT2D eigenvalue weighted by Crippen LogP contribution is -2.28. The summed E-state index contributed by atoms with van der Waals surface area (Å²) in [5.74, 6) is -0.572. The minimum atomic E-state index is -3.26. The number of nitrogens with zero attached hydrogens (tertiary/aromatic N) is 1. The van der Waals surface area contributed by atoms with E-state index in [1.54, 1.807) is 19.1 Å². The number of rotatable bonds is 6. The van der Waals surface area contributed by atoms with Crippen molar-refractivity contribution in [1.82, 2.24) is 4.31 Å². The van der Waals surface area contributed by atoms with Crippen LogP contribution in [-0.2, 0) is 14.8 Å². The number of esters is 1. The minimum Gasteiger partial charge on any atom is -0.465 e. The van der Waals surface area contributed by atoms with Crippen LogP contribution in [-0.4, -0.2) is 52.2 Å². The molecule has 21 heavy (non-hydrogen) atoms. The number of nitrogen functional groups attached to an aromatic ring is 1. The summed E-state index contributed by atoms with van der Waals surface area (Å²) in [4.78, 5) is 11.6. The third kappa shape index (κ3) is 4.33. The van der Waals surface area contributed by atoms with Crippen LogP contribution in [0.25, 0.3) is 0 Å². The van der Waals surface area contributed by atoms with Crippen LogP contribution >= 0.6 is 0 Å². The van der Waals surface area contributed by atoms with E-state index in [2.05, 4.69) is 10.1 Å². The molecule has 0 heterocycles. The molecule has 0 atom stereocenters. The van der Waals surface area contributed by atoms with Crippen molar-refractivity contribution in [2.24, 2.45) is 0 Å². The fourth-order valence-corrected chi connectivity index (χ4v) is 2.41. The lowest BCUT2D eigenvalue weighted by Gasteiger charge is -2.14. The van der Waals surface area contributed by atoms with E-state index in [1.807, 2.05) is 0 Å². The number of nitrogens with two attached hydrogens (primary N) is 1. The van der Waals surface area contributed by atoms with Crippen molar-refractivity contribution in [2.75, 3.05) is 44.6 Å². The third-order valence-corrected chi connectivity index (χ3v) is 4.87. The number of carbonyl (C=O) groups excluding carboxylic acids is 1.